The Hall–Kier alpha value is -1.83. The third-order valence-electron chi connectivity index (χ3n) is 5.66. The van der Waals surface area contributed by atoms with Crippen LogP contribution in [-0.2, 0) is 4.79 Å². The van der Waals surface area contributed by atoms with Gasteiger partial charge in [-0.1, -0.05) is 12.1 Å². The molecule has 2 aromatic rings. The maximum atomic E-state index is 12.3. The molecule has 1 amide bonds. The number of hydrogen-bond acceptors (Lipinski definition) is 4. The maximum Gasteiger partial charge on any atom is 0.326 e. The van der Waals surface area contributed by atoms with E-state index >= 15 is 0 Å². The van der Waals surface area contributed by atoms with Crippen molar-refractivity contribution in [3.05, 3.63) is 34.7 Å². The number of halogens is 1. The number of likely N-dealkylation sites (tertiary alicyclic amines) is 1. The average molecular weight is 394 g/mol. The number of carbonyl (C=O) groups excluding carboxylic acids is 1. The van der Waals surface area contributed by atoms with Gasteiger partial charge in [0.1, 0.15) is 0 Å². The number of amides is 1. The van der Waals surface area contributed by atoms with Gasteiger partial charge in [-0.25, -0.2) is 4.79 Å². The van der Waals surface area contributed by atoms with E-state index in [2.05, 4.69) is 15.2 Å². The zero-order chi connectivity index (χ0) is 17.9. The molecule has 1 aromatic heterocycles. The number of rotatable bonds is 4. The minimum absolute atomic E-state index is 0. The summed E-state index contributed by atoms with van der Waals surface area (Å²) in [6.07, 6.45) is 2.49. The molecule has 0 spiro atoms. The van der Waals surface area contributed by atoms with E-state index in [4.69, 9.17) is 0 Å². The number of H-pyrrole nitrogens is 1. The van der Waals surface area contributed by atoms with E-state index in [1.165, 1.54) is 0 Å². The SMILES string of the molecule is Cl.O=C(CCN1CCC(n2c(=O)[nH]c3ccccc32)CC1)N1CCNCC1. The van der Waals surface area contributed by atoms with Crippen molar-refractivity contribution in [2.24, 2.45) is 0 Å². The highest BCUT2D eigenvalue weighted by Gasteiger charge is 2.24. The summed E-state index contributed by atoms with van der Waals surface area (Å²) in [5.74, 6) is 0.265. The van der Waals surface area contributed by atoms with Crippen molar-refractivity contribution in [3.8, 4) is 0 Å². The molecule has 7 nitrogen and oxygen atoms in total. The minimum atomic E-state index is -0.0152. The van der Waals surface area contributed by atoms with E-state index in [1.807, 2.05) is 33.7 Å². The number of aromatic amines is 1. The molecule has 3 heterocycles. The van der Waals surface area contributed by atoms with Crippen molar-refractivity contribution in [1.29, 1.82) is 0 Å². The predicted molar refractivity (Wildman–Crippen MR) is 109 cm³/mol. The molecule has 0 unspecified atom stereocenters. The largest absolute Gasteiger partial charge is 0.340 e. The zero-order valence-corrected chi connectivity index (χ0v) is 16.3. The number of nitrogens with one attached hydrogen (secondary N) is 2. The first-order chi connectivity index (χ1) is 12.7. The Bertz CT molecular complexity index is 819. The van der Waals surface area contributed by atoms with Crippen LogP contribution in [0.4, 0.5) is 0 Å². The van der Waals surface area contributed by atoms with Crippen LogP contribution in [0.2, 0.25) is 0 Å². The molecule has 148 valence electrons. The van der Waals surface area contributed by atoms with E-state index in [-0.39, 0.29) is 30.0 Å². The standard InChI is InChI=1S/C19H27N5O2.ClH/c25-18(23-13-8-20-9-14-23)7-12-22-10-5-15(6-11-22)24-17-4-2-1-3-16(17)21-19(24)26;/h1-4,15,20H,5-14H2,(H,21,26);1H. The Labute approximate surface area is 165 Å². The number of benzene rings is 1. The first-order valence-corrected chi connectivity index (χ1v) is 9.62. The summed E-state index contributed by atoms with van der Waals surface area (Å²) in [6, 6.07) is 8.11. The van der Waals surface area contributed by atoms with Crippen molar-refractivity contribution in [2.75, 3.05) is 45.8 Å². The van der Waals surface area contributed by atoms with Gasteiger partial charge in [-0.3, -0.25) is 9.36 Å². The molecule has 4 rings (SSSR count). The van der Waals surface area contributed by atoms with E-state index in [9.17, 15) is 9.59 Å². The van der Waals surface area contributed by atoms with Crippen molar-refractivity contribution in [2.45, 2.75) is 25.3 Å². The quantitative estimate of drug-likeness (QED) is 0.819. The molecule has 2 N–H and O–H groups in total. The number of piperidine rings is 1. The fraction of sp³-hybridized carbons (Fsp3) is 0.579. The van der Waals surface area contributed by atoms with Crippen LogP contribution < -0.4 is 11.0 Å². The first kappa shape index (κ1) is 19.9. The summed E-state index contributed by atoms with van der Waals surface area (Å²) in [5, 5.41) is 3.28. The summed E-state index contributed by atoms with van der Waals surface area (Å²) in [5.41, 5.74) is 1.88. The van der Waals surface area contributed by atoms with E-state index < -0.39 is 0 Å². The maximum absolute atomic E-state index is 12.3. The van der Waals surface area contributed by atoms with E-state index in [1.54, 1.807) is 0 Å². The monoisotopic (exact) mass is 393 g/mol. The van der Waals surface area contributed by atoms with E-state index in [0.717, 1.165) is 69.7 Å². The molecule has 2 aliphatic heterocycles. The van der Waals surface area contributed by atoms with Gasteiger partial charge in [-0.05, 0) is 25.0 Å². The molecule has 0 saturated carbocycles. The van der Waals surface area contributed by atoms with Crippen LogP contribution in [0.1, 0.15) is 25.3 Å². The first-order valence-electron chi connectivity index (χ1n) is 9.62. The molecule has 2 fully saturated rings. The Balaban J connectivity index is 0.00000210. The molecule has 0 bridgehead atoms. The third kappa shape index (κ3) is 4.36. The summed E-state index contributed by atoms with van der Waals surface area (Å²) in [7, 11) is 0. The summed E-state index contributed by atoms with van der Waals surface area (Å²) >= 11 is 0. The zero-order valence-electron chi connectivity index (χ0n) is 15.5. The number of nitrogens with zero attached hydrogens (tertiary/aromatic N) is 3. The van der Waals surface area contributed by atoms with Gasteiger partial charge in [0.25, 0.3) is 0 Å². The van der Waals surface area contributed by atoms with Crippen molar-refractivity contribution in [1.82, 2.24) is 24.7 Å². The van der Waals surface area contributed by atoms with Gasteiger partial charge < -0.3 is 20.1 Å². The van der Waals surface area contributed by atoms with Crippen LogP contribution in [0.15, 0.2) is 29.1 Å². The molecule has 2 aliphatic rings. The van der Waals surface area contributed by atoms with Crippen LogP contribution in [0.5, 0.6) is 0 Å². The highest BCUT2D eigenvalue weighted by molar-refractivity contribution is 5.85. The molecule has 2 saturated heterocycles. The van der Waals surface area contributed by atoms with Crippen LogP contribution in [0.25, 0.3) is 11.0 Å². The van der Waals surface area contributed by atoms with Crippen molar-refractivity contribution >= 4 is 29.3 Å². The molecule has 0 aliphatic carbocycles. The number of carbonyl (C=O) groups is 1. The van der Waals surface area contributed by atoms with Crippen molar-refractivity contribution in [3.63, 3.8) is 0 Å². The Morgan fingerprint density at radius 1 is 1.07 bits per heavy atom. The van der Waals surface area contributed by atoms with Crippen LogP contribution in [0, 0.1) is 0 Å². The molecule has 0 radical (unpaired) electrons. The average Bonchev–Trinajstić information content (AvgIpc) is 3.03. The molecule has 0 atom stereocenters. The second-order valence-corrected chi connectivity index (χ2v) is 7.27. The topological polar surface area (TPSA) is 73.4 Å². The smallest absolute Gasteiger partial charge is 0.326 e. The van der Waals surface area contributed by atoms with Crippen LogP contribution in [0.3, 0.4) is 0 Å². The summed E-state index contributed by atoms with van der Waals surface area (Å²) in [4.78, 5) is 31.9. The molecule has 27 heavy (non-hydrogen) atoms. The lowest BCUT2D eigenvalue weighted by Crippen LogP contribution is -2.47. The van der Waals surface area contributed by atoms with Gasteiger partial charge in [0.2, 0.25) is 5.91 Å². The van der Waals surface area contributed by atoms with Gasteiger partial charge in [0.15, 0.2) is 0 Å². The lowest BCUT2D eigenvalue weighted by molar-refractivity contribution is -0.132. The fourth-order valence-corrected chi connectivity index (χ4v) is 4.16. The number of fused-ring (bicyclic) bond motifs is 1. The molecular formula is C19H28ClN5O2. The molecular weight excluding hydrogens is 366 g/mol. The predicted octanol–water partition coefficient (Wildman–Crippen LogP) is 1.21. The second kappa shape index (κ2) is 8.91. The highest BCUT2D eigenvalue weighted by Crippen LogP contribution is 2.24. The van der Waals surface area contributed by atoms with E-state index in [0.29, 0.717) is 6.42 Å². The number of para-hydroxylation sites is 2. The summed E-state index contributed by atoms with van der Waals surface area (Å²) in [6.45, 7) is 6.14. The number of hydrogen-bond donors (Lipinski definition) is 2. The fourth-order valence-electron chi connectivity index (χ4n) is 4.16. The molecule has 8 heteroatoms. The van der Waals surface area contributed by atoms with Gasteiger partial charge in [-0.15, -0.1) is 12.4 Å². The Kier molecular flexibility index (Phi) is 6.57. The lowest BCUT2D eigenvalue weighted by atomic mass is 10.0. The third-order valence-corrected chi connectivity index (χ3v) is 5.66. The van der Waals surface area contributed by atoms with Gasteiger partial charge >= 0.3 is 5.69 Å². The number of piperazine rings is 1. The normalized spacial score (nSPS) is 19.2. The van der Waals surface area contributed by atoms with Gasteiger partial charge in [-0.2, -0.15) is 0 Å². The Morgan fingerprint density at radius 3 is 2.52 bits per heavy atom. The second-order valence-electron chi connectivity index (χ2n) is 7.27. The summed E-state index contributed by atoms with van der Waals surface area (Å²) < 4.78 is 1.92. The molecule has 1 aromatic carbocycles. The minimum Gasteiger partial charge on any atom is -0.340 e. The number of aromatic nitrogens is 2. The van der Waals surface area contributed by atoms with Gasteiger partial charge in [0, 0.05) is 58.3 Å². The van der Waals surface area contributed by atoms with Gasteiger partial charge in [0.05, 0.1) is 11.0 Å². The number of imidazole rings is 1. The van der Waals surface area contributed by atoms with Crippen LogP contribution >= 0.6 is 12.4 Å². The lowest BCUT2D eigenvalue weighted by Gasteiger charge is -2.33. The van der Waals surface area contributed by atoms with Crippen LogP contribution in [-0.4, -0.2) is 71.1 Å². The van der Waals surface area contributed by atoms with Crippen molar-refractivity contribution < 1.29 is 4.79 Å². The highest BCUT2D eigenvalue weighted by atomic mass is 35.5. The Morgan fingerprint density at radius 2 is 1.78 bits per heavy atom.